The highest BCUT2D eigenvalue weighted by molar-refractivity contribution is 5.68. The Morgan fingerprint density at radius 3 is 2.18 bits per heavy atom. The van der Waals surface area contributed by atoms with Crippen LogP contribution >= 0.6 is 0 Å². The monoisotopic (exact) mass is 381 g/mol. The molecule has 1 aliphatic heterocycles. The topological polar surface area (TPSA) is 55.8 Å². The first-order chi connectivity index (χ1) is 13.4. The maximum Gasteiger partial charge on any atom is 0.303 e. The highest BCUT2D eigenvalue weighted by Gasteiger charge is 2.48. The van der Waals surface area contributed by atoms with Gasteiger partial charge in [-0.05, 0) is 18.1 Å². The van der Waals surface area contributed by atoms with E-state index in [0.717, 1.165) is 5.56 Å². The van der Waals surface area contributed by atoms with Crippen molar-refractivity contribution in [2.45, 2.75) is 51.5 Å². The summed E-state index contributed by atoms with van der Waals surface area (Å²) in [5.41, 5.74) is 1.43. The average Bonchev–Trinajstić information content (AvgIpc) is 2.64. The van der Waals surface area contributed by atoms with E-state index in [1.54, 1.807) is 0 Å². The van der Waals surface area contributed by atoms with Crippen LogP contribution in [0.25, 0.3) is 0 Å². The van der Waals surface area contributed by atoms with Crippen molar-refractivity contribution in [1.29, 1.82) is 0 Å². The van der Waals surface area contributed by atoms with Gasteiger partial charge in [0.2, 0.25) is 0 Å². The van der Waals surface area contributed by atoms with E-state index in [0.29, 0.717) is 19.5 Å². The number of rotatable bonds is 5. The fraction of sp³-hybridized carbons (Fsp3) is 0.391. The lowest BCUT2D eigenvalue weighted by Crippen LogP contribution is -2.59. The van der Waals surface area contributed by atoms with Crippen LogP contribution in [0.1, 0.15) is 44.4 Å². The van der Waals surface area contributed by atoms with Gasteiger partial charge < -0.3 is 9.47 Å². The predicted octanol–water partition coefficient (Wildman–Crippen LogP) is 3.89. The number of ether oxygens (including phenoxy) is 2. The van der Waals surface area contributed by atoms with Crippen molar-refractivity contribution < 1.29 is 19.1 Å². The molecule has 0 saturated carbocycles. The maximum absolute atomic E-state index is 11.8. The fourth-order valence-electron chi connectivity index (χ4n) is 4.02. The SMILES string of the molecule is CC(=O)O[C@H]1C[C@H](c2ccccc2)N(Cc2ccccc2)C[C@@]1(C)OC(C)=O. The molecule has 5 nitrogen and oxygen atoms in total. The van der Waals surface area contributed by atoms with Crippen molar-refractivity contribution in [2.24, 2.45) is 0 Å². The Kier molecular flexibility index (Phi) is 6.15. The molecule has 3 atom stereocenters. The average molecular weight is 381 g/mol. The molecule has 0 aliphatic carbocycles. The van der Waals surface area contributed by atoms with E-state index in [4.69, 9.17) is 9.47 Å². The molecule has 0 spiro atoms. The van der Waals surface area contributed by atoms with Gasteiger partial charge in [-0.2, -0.15) is 0 Å². The zero-order valence-corrected chi connectivity index (χ0v) is 16.6. The van der Waals surface area contributed by atoms with E-state index in [-0.39, 0.29) is 18.0 Å². The van der Waals surface area contributed by atoms with Crippen LogP contribution in [0.4, 0.5) is 0 Å². The molecule has 0 N–H and O–H groups in total. The molecule has 148 valence electrons. The summed E-state index contributed by atoms with van der Waals surface area (Å²) in [6.45, 7) is 5.81. The summed E-state index contributed by atoms with van der Waals surface area (Å²) in [5.74, 6) is -0.746. The quantitative estimate of drug-likeness (QED) is 0.736. The van der Waals surface area contributed by atoms with Crippen LogP contribution in [0, 0.1) is 0 Å². The van der Waals surface area contributed by atoms with Crippen molar-refractivity contribution in [3.05, 3.63) is 71.8 Å². The van der Waals surface area contributed by atoms with Crippen LogP contribution in [0.5, 0.6) is 0 Å². The number of carbonyl (C=O) groups excluding carboxylic acids is 2. The molecular formula is C23H27NO4. The number of benzene rings is 2. The molecule has 1 fully saturated rings. The normalized spacial score (nSPS) is 25.1. The third-order valence-corrected chi connectivity index (χ3v) is 5.17. The van der Waals surface area contributed by atoms with Gasteiger partial charge in [0.1, 0.15) is 6.10 Å². The highest BCUT2D eigenvalue weighted by atomic mass is 16.6. The van der Waals surface area contributed by atoms with E-state index in [1.807, 2.05) is 43.3 Å². The van der Waals surface area contributed by atoms with Crippen molar-refractivity contribution in [3.8, 4) is 0 Å². The molecule has 1 aliphatic rings. The summed E-state index contributed by atoms with van der Waals surface area (Å²) in [6.07, 6.45) is 0.0475. The molecule has 0 unspecified atom stereocenters. The number of hydrogen-bond donors (Lipinski definition) is 0. The summed E-state index contributed by atoms with van der Waals surface area (Å²) < 4.78 is 11.3. The van der Waals surface area contributed by atoms with E-state index in [1.165, 1.54) is 19.4 Å². The third-order valence-electron chi connectivity index (χ3n) is 5.17. The Labute approximate surface area is 166 Å². The van der Waals surface area contributed by atoms with Gasteiger partial charge in [0.25, 0.3) is 0 Å². The summed E-state index contributed by atoms with van der Waals surface area (Å²) in [4.78, 5) is 25.8. The molecule has 5 heteroatoms. The summed E-state index contributed by atoms with van der Waals surface area (Å²) in [6, 6.07) is 20.4. The first-order valence-corrected chi connectivity index (χ1v) is 9.57. The van der Waals surface area contributed by atoms with E-state index >= 15 is 0 Å². The lowest BCUT2D eigenvalue weighted by molar-refractivity contribution is -0.198. The minimum atomic E-state index is -0.905. The zero-order chi connectivity index (χ0) is 20.1. The molecular weight excluding hydrogens is 354 g/mol. The minimum Gasteiger partial charge on any atom is -0.458 e. The van der Waals surface area contributed by atoms with Gasteiger partial charge in [0, 0.05) is 39.4 Å². The Morgan fingerprint density at radius 1 is 1.00 bits per heavy atom. The third kappa shape index (κ3) is 4.78. The molecule has 0 bridgehead atoms. The van der Waals surface area contributed by atoms with Crippen molar-refractivity contribution in [3.63, 3.8) is 0 Å². The Bertz CT molecular complexity index is 808. The second-order valence-electron chi connectivity index (χ2n) is 7.56. The summed E-state index contributed by atoms with van der Waals surface area (Å²) in [7, 11) is 0. The van der Waals surface area contributed by atoms with Crippen LogP contribution < -0.4 is 0 Å². The van der Waals surface area contributed by atoms with Crippen LogP contribution in [0.2, 0.25) is 0 Å². The van der Waals surface area contributed by atoms with Gasteiger partial charge in [-0.25, -0.2) is 0 Å². The number of likely N-dealkylation sites (tertiary alicyclic amines) is 1. The second-order valence-corrected chi connectivity index (χ2v) is 7.56. The molecule has 1 saturated heterocycles. The van der Waals surface area contributed by atoms with E-state index < -0.39 is 11.7 Å². The number of nitrogens with zero attached hydrogens (tertiary/aromatic N) is 1. The van der Waals surface area contributed by atoms with Crippen molar-refractivity contribution >= 4 is 11.9 Å². The molecule has 3 rings (SSSR count). The van der Waals surface area contributed by atoms with Gasteiger partial charge in [0.15, 0.2) is 5.60 Å². The van der Waals surface area contributed by atoms with Gasteiger partial charge in [-0.1, -0.05) is 60.7 Å². The first kappa shape index (κ1) is 20.1. The lowest BCUT2D eigenvalue weighted by Gasteiger charge is -2.48. The molecule has 28 heavy (non-hydrogen) atoms. The molecule has 0 amide bonds. The van der Waals surface area contributed by atoms with Crippen molar-refractivity contribution in [1.82, 2.24) is 4.90 Å². The van der Waals surface area contributed by atoms with Crippen LogP contribution in [-0.4, -0.2) is 35.1 Å². The van der Waals surface area contributed by atoms with Gasteiger partial charge >= 0.3 is 11.9 Å². The second kappa shape index (κ2) is 8.57. The Balaban J connectivity index is 1.95. The molecule has 2 aromatic carbocycles. The smallest absolute Gasteiger partial charge is 0.303 e. The van der Waals surface area contributed by atoms with Crippen molar-refractivity contribution in [2.75, 3.05) is 6.54 Å². The first-order valence-electron chi connectivity index (χ1n) is 9.57. The minimum absolute atomic E-state index is 0.0504. The number of carbonyl (C=O) groups is 2. The van der Waals surface area contributed by atoms with E-state index in [9.17, 15) is 9.59 Å². The number of hydrogen-bond acceptors (Lipinski definition) is 5. The molecule has 0 radical (unpaired) electrons. The highest BCUT2D eigenvalue weighted by Crippen LogP contribution is 2.39. The molecule has 2 aromatic rings. The standard InChI is InChI=1S/C23H27NO4/c1-17(25)27-22-14-21(20-12-8-5-9-13-20)24(15-19-10-6-4-7-11-19)16-23(22,3)28-18(2)26/h4-13,21-22H,14-16H2,1-3H3/t21-,22+,23-/m1/s1. The molecule has 0 aromatic heterocycles. The Morgan fingerprint density at radius 2 is 1.61 bits per heavy atom. The lowest BCUT2D eigenvalue weighted by atomic mass is 9.83. The number of esters is 2. The Hall–Kier alpha value is -2.66. The fourth-order valence-corrected chi connectivity index (χ4v) is 4.02. The summed E-state index contributed by atoms with van der Waals surface area (Å²) >= 11 is 0. The van der Waals surface area contributed by atoms with Gasteiger partial charge in [-0.3, -0.25) is 14.5 Å². The van der Waals surface area contributed by atoms with Gasteiger partial charge in [-0.15, -0.1) is 0 Å². The number of piperidine rings is 1. The maximum atomic E-state index is 11.8. The molecule has 1 heterocycles. The predicted molar refractivity (Wildman–Crippen MR) is 106 cm³/mol. The van der Waals surface area contributed by atoms with Gasteiger partial charge in [0.05, 0.1) is 0 Å². The van der Waals surface area contributed by atoms with Crippen LogP contribution in [0.3, 0.4) is 0 Å². The van der Waals surface area contributed by atoms with E-state index in [2.05, 4.69) is 29.2 Å². The van der Waals surface area contributed by atoms with Crippen LogP contribution in [-0.2, 0) is 25.6 Å². The van der Waals surface area contributed by atoms with Crippen LogP contribution in [0.15, 0.2) is 60.7 Å². The largest absolute Gasteiger partial charge is 0.458 e. The zero-order valence-electron chi connectivity index (χ0n) is 16.6. The summed E-state index contributed by atoms with van der Waals surface area (Å²) in [5, 5.41) is 0.